The van der Waals surface area contributed by atoms with E-state index in [0.717, 1.165) is 25.7 Å². The number of aromatic amines is 1. The summed E-state index contributed by atoms with van der Waals surface area (Å²) in [5, 5.41) is 12.3. The molecule has 0 unspecified atom stereocenters. The molecule has 1 heterocycles. The quantitative estimate of drug-likeness (QED) is 0.760. The van der Waals surface area contributed by atoms with Gasteiger partial charge in [0, 0.05) is 18.2 Å². The van der Waals surface area contributed by atoms with E-state index in [-0.39, 0.29) is 29.1 Å². The zero-order valence-electron chi connectivity index (χ0n) is 10.9. The molecule has 0 atom stereocenters. The van der Waals surface area contributed by atoms with Gasteiger partial charge < -0.3 is 15.4 Å². The zero-order chi connectivity index (χ0) is 13.7. The summed E-state index contributed by atoms with van der Waals surface area (Å²) in [6.07, 6.45) is 6.71. The lowest BCUT2D eigenvalue weighted by Crippen LogP contribution is -2.42. The van der Waals surface area contributed by atoms with Crippen molar-refractivity contribution in [1.29, 1.82) is 0 Å². The molecule has 1 saturated carbocycles. The number of pyridine rings is 1. The van der Waals surface area contributed by atoms with Gasteiger partial charge in [-0.1, -0.05) is 19.3 Å². The Bertz CT molecular complexity index is 489. The minimum atomic E-state index is -0.387. The fourth-order valence-corrected chi connectivity index (χ4v) is 2.66. The van der Waals surface area contributed by atoms with Crippen LogP contribution < -0.4 is 10.9 Å². The molecule has 0 radical (unpaired) electrons. The molecule has 0 aliphatic heterocycles. The highest BCUT2D eigenvalue weighted by atomic mass is 16.3. The van der Waals surface area contributed by atoms with Gasteiger partial charge in [-0.25, -0.2) is 0 Å². The van der Waals surface area contributed by atoms with Crippen molar-refractivity contribution in [3.63, 3.8) is 0 Å². The fraction of sp³-hybridized carbons (Fsp3) is 0.571. The summed E-state index contributed by atoms with van der Waals surface area (Å²) in [6.45, 7) is 0.509. The van der Waals surface area contributed by atoms with E-state index in [1.807, 2.05) is 0 Å². The molecule has 2 rings (SSSR count). The fourth-order valence-electron chi connectivity index (χ4n) is 2.66. The van der Waals surface area contributed by atoms with Gasteiger partial charge in [0.05, 0.1) is 6.61 Å². The Kier molecular flexibility index (Phi) is 4.37. The van der Waals surface area contributed by atoms with Crippen molar-refractivity contribution in [2.75, 3.05) is 13.2 Å². The Labute approximate surface area is 112 Å². The summed E-state index contributed by atoms with van der Waals surface area (Å²) in [4.78, 5) is 25.9. The van der Waals surface area contributed by atoms with E-state index in [4.69, 9.17) is 0 Å². The first-order valence-electron chi connectivity index (χ1n) is 6.74. The van der Waals surface area contributed by atoms with Crippen LogP contribution in [0.25, 0.3) is 0 Å². The van der Waals surface area contributed by atoms with E-state index in [2.05, 4.69) is 10.3 Å². The second kappa shape index (κ2) is 6.02. The molecule has 1 fully saturated rings. The maximum absolute atomic E-state index is 12.0. The third-order valence-corrected chi connectivity index (χ3v) is 3.94. The van der Waals surface area contributed by atoms with Crippen molar-refractivity contribution in [2.24, 2.45) is 5.41 Å². The number of aliphatic hydroxyl groups is 1. The summed E-state index contributed by atoms with van der Waals surface area (Å²) in [5.74, 6) is -0.375. The van der Waals surface area contributed by atoms with Crippen LogP contribution in [0.5, 0.6) is 0 Å². The van der Waals surface area contributed by atoms with Crippen molar-refractivity contribution in [1.82, 2.24) is 10.3 Å². The second-order valence-electron chi connectivity index (χ2n) is 5.31. The predicted molar refractivity (Wildman–Crippen MR) is 72.0 cm³/mol. The summed E-state index contributed by atoms with van der Waals surface area (Å²) in [6, 6.07) is 3.12. The third kappa shape index (κ3) is 3.23. The van der Waals surface area contributed by atoms with Crippen LogP contribution in [0.15, 0.2) is 23.1 Å². The Morgan fingerprint density at radius 3 is 2.74 bits per heavy atom. The normalized spacial score (nSPS) is 17.9. The largest absolute Gasteiger partial charge is 0.396 e. The summed E-state index contributed by atoms with van der Waals surface area (Å²) < 4.78 is 0. The molecular formula is C14H20N2O3. The van der Waals surface area contributed by atoms with E-state index in [9.17, 15) is 14.7 Å². The van der Waals surface area contributed by atoms with Crippen LogP contribution in [-0.4, -0.2) is 29.1 Å². The first kappa shape index (κ1) is 13.8. The summed E-state index contributed by atoms with van der Waals surface area (Å²) in [7, 11) is 0. The van der Waals surface area contributed by atoms with Gasteiger partial charge in [0.1, 0.15) is 5.56 Å². The number of hydrogen-bond acceptors (Lipinski definition) is 3. The molecule has 1 amide bonds. The van der Waals surface area contributed by atoms with Gasteiger partial charge in [-0.05, 0) is 25.0 Å². The van der Waals surface area contributed by atoms with E-state index in [1.165, 1.54) is 18.7 Å². The molecule has 0 aromatic carbocycles. The average molecular weight is 264 g/mol. The van der Waals surface area contributed by atoms with Gasteiger partial charge >= 0.3 is 0 Å². The van der Waals surface area contributed by atoms with E-state index in [1.54, 1.807) is 6.07 Å². The second-order valence-corrected chi connectivity index (χ2v) is 5.31. The van der Waals surface area contributed by atoms with Crippen LogP contribution in [0.4, 0.5) is 0 Å². The van der Waals surface area contributed by atoms with Gasteiger partial charge in [0.25, 0.3) is 11.5 Å². The average Bonchev–Trinajstić information content (AvgIpc) is 2.46. The van der Waals surface area contributed by atoms with Crippen molar-refractivity contribution in [3.05, 3.63) is 34.2 Å². The van der Waals surface area contributed by atoms with Crippen molar-refractivity contribution in [2.45, 2.75) is 32.1 Å². The van der Waals surface area contributed by atoms with E-state index < -0.39 is 0 Å². The number of rotatable bonds is 4. The number of carbonyl (C=O) groups is 1. The van der Waals surface area contributed by atoms with Crippen LogP contribution >= 0.6 is 0 Å². The van der Waals surface area contributed by atoms with Gasteiger partial charge in [-0.3, -0.25) is 9.59 Å². The number of carbonyl (C=O) groups excluding carboxylic acids is 1. The lowest BCUT2D eigenvalue weighted by atomic mass is 9.74. The van der Waals surface area contributed by atoms with Crippen LogP contribution in [0.2, 0.25) is 0 Å². The maximum atomic E-state index is 12.0. The van der Waals surface area contributed by atoms with Crippen LogP contribution in [-0.2, 0) is 0 Å². The van der Waals surface area contributed by atoms with Crippen LogP contribution in [0.3, 0.4) is 0 Å². The molecule has 5 heteroatoms. The summed E-state index contributed by atoms with van der Waals surface area (Å²) >= 11 is 0. The molecule has 1 aliphatic carbocycles. The molecule has 1 aliphatic rings. The Balaban J connectivity index is 2.00. The van der Waals surface area contributed by atoms with Gasteiger partial charge in [0.15, 0.2) is 0 Å². The molecular weight excluding hydrogens is 244 g/mol. The zero-order valence-corrected chi connectivity index (χ0v) is 10.9. The van der Waals surface area contributed by atoms with Gasteiger partial charge in [-0.15, -0.1) is 0 Å². The Hall–Kier alpha value is -1.62. The first-order valence-corrected chi connectivity index (χ1v) is 6.74. The maximum Gasteiger partial charge on any atom is 0.260 e. The number of aromatic nitrogens is 1. The molecule has 1 aromatic rings. The number of amides is 1. The van der Waals surface area contributed by atoms with Crippen molar-refractivity contribution >= 4 is 5.91 Å². The number of aliphatic hydroxyl groups excluding tert-OH is 1. The molecule has 0 bridgehead atoms. The highest BCUT2D eigenvalue weighted by Gasteiger charge is 2.31. The minimum absolute atomic E-state index is 0.0818. The Morgan fingerprint density at radius 2 is 2.11 bits per heavy atom. The topological polar surface area (TPSA) is 82.2 Å². The lowest BCUT2D eigenvalue weighted by molar-refractivity contribution is 0.0717. The Morgan fingerprint density at radius 1 is 1.37 bits per heavy atom. The first-order chi connectivity index (χ1) is 9.17. The standard InChI is InChI=1S/C14H20N2O3/c17-10-14(6-2-1-3-7-14)9-16-13(19)11-5-4-8-15-12(11)18/h4-5,8,17H,1-3,6-7,9-10H2,(H,15,18)(H,16,19). The van der Waals surface area contributed by atoms with Gasteiger partial charge in [-0.2, -0.15) is 0 Å². The highest BCUT2D eigenvalue weighted by Crippen LogP contribution is 2.35. The summed E-state index contributed by atoms with van der Waals surface area (Å²) in [5.41, 5.74) is -0.483. The molecule has 5 nitrogen and oxygen atoms in total. The smallest absolute Gasteiger partial charge is 0.260 e. The monoisotopic (exact) mass is 264 g/mol. The predicted octanol–water partition coefficient (Wildman–Crippen LogP) is 1.05. The molecule has 0 spiro atoms. The molecule has 1 aromatic heterocycles. The van der Waals surface area contributed by atoms with Gasteiger partial charge in [0.2, 0.25) is 0 Å². The lowest BCUT2D eigenvalue weighted by Gasteiger charge is -2.35. The third-order valence-electron chi connectivity index (χ3n) is 3.94. The van der Waals surface area contributed by atoms with Crippen LogP contribution in [0.1, 0.15) is 42.5 Å². The molecule has 3 N–H and O–H groups in total. The number of H-pyrrole nitrogens is 1. The minimum Gasteiger partial charge on any atom is -0.396 e. The van der Waals surface area contributed by atoms with E-state index >= 15 is 0 Å². The molecule has 0 saturated heterocycles. The molecule has 19 heavy (non-hydrogen) atoms. The number of nitrogens with one attached hydrogen (secondary N) is 2. The van der Waals surface area contributed by atoms with Crippen LogP contribution in [0, 0.1) is 5.41 Å². The molecule has 104 valence electrons. The SMILES string of the molecule is O=C(NCC1(CO)CCCCC1)c1ccc[nH]c1=O. The highest BCUT2D eigenvalue weighted by molar-refractivity contribution is 5.93. The van der Waals surface area contributed by atoms with Crippen molar-refractivity contribution < 1.29 is 9.90 Å². The van der Waals surface area contributed by atoms with Crippen molar-refractivity contribution in [3.8, 4) is 0 Å². The number of hydrogen-bond donors (Lipinski definition) is 3. The van der Waals surface area contributed by atoms with E-state index in [0.29, 0.717) is 6.54 Å².